The zero-order valence-corrected chi connectivity index (χ0v) is 13.2. The smallest absolute Gasteiger partial charge is 0.326 e. The Morgan fingerprint density at radius 1 is 1.19 bits per heavy atom. The molecule has 3 unspecified atom stereocenters. The highest BCUT2D eigenvalue weighted by molar-refractivity contribution is 5.81. The second-order valence-corrected chi connectivity index (χ2v) is 6.95. The molecule has 2 N–H and O–H groups in total. The summed E-state index contributed by atoms with van der Waals surface area (Å²) in [6.07, 6.45) is 6.54. The molecule has 0 aromatic carbocycles. The van der Waals surface area contributed by atoms with Crippen molar-refractivity contribution < 1.29 is 9.53 Å². The zero-order valence-electron chi connectivity index (χ0n) is 13.2. The molecule has 0 amide bonds. The van der Waals surface area contributed by atoms with E-state index in [-0.39, 0.29) is 5.97 Å². The SMILES string of the molecule is CCOC(=O)C1(N)CCC(N2CCC(N3CCCC3)C2)C1. The number of nitrogens with zero attached hydrogens (tertiary/aromatic N) is 2. The maximum absolute atomic E-state index is 12.0. The summed E-state index contributed by atoms with van der Waals surface area (Å²) in [7, 11) is 0. The van der Waals surface area contributed by atoms with Crippen molar-refractivity contribution in [3.63, 3.8) is 0 Å². The standard InChI is InChI=1S/C16H29N3O2/c1-2-21-15(20)16(17)7-5-13(11-16)19-10-6-14(12-19)18-8-3-4-9-18/h13-14H,2-12,17H2,1H3. The molecule has 2 aliphatic heterocycles. The lowest BCUT2D eigenvalue weighted by Gasteiger charge is -2.28. The van der Waals surface area contributed by atoms with Gasteiger partial charge in [-0.1, -0.05) is 0 Å². The molecule has 21 heavy (non-hydrogen) atoms. The van der Waals surface area contributed by atoms with Crippen molar-refractivity contribution in [1.29, 1.82) is 0 Å². The number of hydrogen-bond acceptors (Lipinski definition) is 5. The Labute approximate surface area is 127 Å². The van der Waals surface area contributed by atoms with Crippen LogP contribution in [0, 0.1) is 0 Å². The second kappa shape index (κ2) is 6.23. The minimum absolute atomic E-state index is 0.206. The van der Waals surface area contributed by atoms with Crippen molar-refractivity contribution in [2.75, 3.05) is 32.8 Å². The van der Waals surface area contributed by atoms with Crippen LogP contribution in [0.25, 0.3) is 0 Å². The molecule has 0 bridgehead atoms. The number of likely N-dealkylation sites (tertiary alicyclic amines) is 2. The molecule has 3 fully saturated rings. The van der Waals surface area contributed by atoms with Gasteiger partial charge in [-0.15, -0.1) is 0 Å². The Kier molecular flexibility index (Phi) is 4.52. The number of hydrogen-bond donors (Lipinski definition) is 1. The van der Waals surface area contributed by atoms with Crippen LogP contribution < -0.4 is 5.73 Å². The molecule has 1 aliphatic carbocycles. The summed E-state index contributed by atoms with van der Waals surface area (Å²) >= 11 is 0. The first-order chi connectivity index (χ1) is 10.1. The van der Waals surface area contributed by atoms with E-state index in [2.05, 4.69) is 9.80 Å². The van der Waals surface area contributed by atoms with Crippen molar-refractivity contribution in [2.24, 2.45) is 5.73 Å². The average molecular weight is 295 g/mol. The lowest BCUT2D eigenvalue weighted by Crippen LogP contribution is -2.48. The van der Waals surface area contributed by atoms with E-state index < -0.39 is 5.54 Å². The predicted octanol–water partition coefficient (Wildman–Crippen LogP) is 0.970. The van der Waals surface area contributed by atoms with Gasteiger partial charge in [-0.25, -0.2) is 0 Å². The molecule has 0 spiro atoms. The number of carbonyl (C=O) groups excluding carboxylic acids is 1. The van der Waals surface area contributed by atoms with Gasteiger partial charge in [-0.05, 0) is 58.5 Å². The summed E-state index contributed by atoms with van der Waals surface area (Å²) in [5.41, 5.74) is 5.55. The first kappa shape index (κ1) is 15.3. The minimum atomic E-state index is -0.744. The van der Waals surface area contributed by atoms with Crippen LogP contribution in [-0.2, 0) is 9.53 Å². The van der Waals surface area contributed by atoms with Crippen LogP contribution >= 0.6 is 0 Å². The highest BCUT2D eigenvalue weighted by Gasteiger charge is 2.46. The van der Waals surface area contributed by atoms with E-state index in [1.807, 2.05) is 6.92 Å². The second-order valence-electron chi connectivity index (χ2n) is 6.95. The maximum atomic E-state index is 12.0. The van der Waals surface area contributed by atoms with Crippen LogP contribution in [0.2, 0.25) is 0 Å². The van der Waals surface area contributed by atoms with Crippen LogP contribution in [0.5, 0.6) is 0 Å². The number of rotatable bonds is 4. The normalized spacial score (nSPS) is 38.2. The Morgan fingerprint density at radius 2 is 1.95 bits per heavy atom. The molecule has 5 heteroatoms. The van der Waals surface area contributed by atoms with Gasteiger partial charge in [0, 0.05) is 25.2 Å². The molecule has 3 rings (SSSR count). The fraction of sp³-hybridized carbons (Fsp3) is 0.938. The van der Waals surface area contributed by atoms with Crippen LogP contribution in [0.1, 0.15) is 45.4 Å². The van der Waals surface area contributed by atoms with Gasteiger partial charge in [0.15, 0.2) is 0 Å². The van der Waals surface area contributed by atoms with Gasteiger partial charge in [0.2, 0.25) is 0 Å². The molecular formula is C16H29N3O2. The fourth-order valence-corrected chi connectivity index (χ4v) is 4.33. The Hall–Kier alpha value is -0.650. The van der Waals surface area contributed by atoms with Gasteiger partial charge in [-0.3, -0.25) is 14.6 Å². The number of ether oxygens (including phenoxy) is 1. The van der Waals surface area contributed by atoms with Crippen molar-refractivity contribution in [2.45, 2.75) is 63.1 Å². The van der Waals surface area contributed by atoms with E-state index in [1.165, 1.54) is 32.4 Å². The van der Waals surface area contributed by atoms with E-state index in [1.54, 1.807) is 0 Å². The Bertz CT molecular complexity index is 384. The number of carbonyl (C=O) groups is 1. The monoisotopic (exact) mass is 295 g/mol. The molecule has 3 atom stereocenters. The van der Waals surface area contributed by atoms with Crippen molar-refractivity contribution in [3.8, 4) is 0 Å². The van der Waals surface area contributed by atoms with Gasteiger partial charge < -0.3 is 10.5 Å². The fourth-order valence-electron chi connectivity index (χ4n) is 4.33. The van der Waals surface area contributed by atoms with Gasteiger partial charge in [0.1, 0.15) is 5.54 Å². The number of esters is 1. The third-order valence-corrected chi connectivity index (χ3v) is 5.57. The molecule has 2 saturated heterocycles. The molecule has 3 aliphatic rings. The molecule has 120 valence electrons. The lowest BCUT2D eigenvalue weighted by atomic mass is 9.99. The molecular weight excluding hydrogens is 266 g/mol. The van der Waals surface area contributed by atoms with E-state index in [9.17, 15) is 4.79 Å². The van der Waals surface area contributed by atoms with Gasteiger partial charge in [-0.2, -0.15) is 0 Å². The molecule has 0 aromatic rings. The van der Waals surface area contributed by atoms with E-state index in [4.69, 9.17) is 10.5 Å². The van der Waals surface area contributed by atoms with Crippen LogP contribution in [0.3, 0.4) is 0 Å². The first-order valence-electron chi connectivity index (χ1n) is 8.56. The van der Waals surface area contributed by atoms with Crippen LogP contribution in [0.15, 0.2) is 0 Å². The highest BCUT2D eigenvalue weighted by Crippen LogP contribution is 2.34. The summed E-state index contributed by atoms with van der Waals surface area (Å²) in [6, 6.07) is 1.19. The van der Waals surface area contributed by atoms with Gasteiger partial charge >= 0.3 is 5.97 Å². The lowest BCUT2D eigenvalue weighted by molar-refractivity contribution is -0.149. The van der Waals surface area contributed by atoms with Crippen molar-refractivity contribution in [3.05, 3.63) is 0 Å². The first-order valence-corrected chi connectivity index (χ1v) is 8.56. The zero-order chi connectivity index (χ0) is 14.9. The molecule has 0 aromatic heterocycles. The third kappa shape index (κ3) is 3.10. The summed E-state index contributed by atoms with van der Waals surface area (Å²) in [4.78, 5) is 17.2. The number of nitrogens with two attached hydrogens (primary N) is 1. The molecule has 5 nitrogen and oxygen atoms in total. The summed E-state index contributed by atoms with van der Waals surface area (Å²) in [5.74, 6) is -0.206. The average Bonchev–Trinajstić information content (AvgIpc) is 3.19. The van der Waals surface area contributed by atoms with Crippen molar-refractivity contribution in [1.82, 2.24) is 9.80 Å². The topological polar surface area (TPSA) is 58.8 Å². The minimum Gasteiger partial charge on any atom is -0.465 e. The summed E-state index contributed by atoms with van der Waals surface area (Å²) in [6.45, 7) is 7.12. The van der Waals surface area contributed by atoms with Crippen LogP contribution in [0.4, 0.5) is 0 Å². The molecule has 0 radical (unpaired) electrons. The Morgan fingerprint density at radius 3 is 2.67 bits per heavy atom. The van der Waals surface area contributed by atoms with Gasteiger partial charge in [0.25, 0.3) is 0 Å². The Balaban J connectivity index is 1.53. The van der Waals surface area contributed by atoms with E-state index >= 15 is 0 Å². The van der Waals surface area contributed by atoms with E-state index in [0.29, 0.717) is 12.6 Å². The quantitative estimate of drug-likeness (QED) is 0.783. The largest absolute Gasteiger partial charge is 0.465 e. The highest BCUT2D eigenvalue weighted by atomic mass is 16.5. The summed E-state index contributed by atoms with van der Waals surface area (Å²) in [5, 5.41) is 0. The van der Waals surface area contributed by atoms with E-state index in [0.717, 1.165) is 38.4 Å². The molecule has 2 heterocycles. The summed E-state index contributed by atoms with van der Waals surface area (Å²) < 4.78 is 5.15. The van der Waals surface area contributed by atoms with Crippen LogP contribution in [-0.4, -0.2) is 66.2 Å². The van der Waals surface area contributed by atoms with Gasteiger partial charge in [0.05, 0.1) is 6.61 Å². The maximum Gasteiger partial charge on any atom is 0.326 e. The predicted molar refractivity (Wildman–Crippen MR) is 82.0 cm³/mol. The molecule has 1 saturated carbocycles. The van der Waals surface area contributed by atoms with Crippen molar-refractivity contribution >= 4 is 5.97 Å². The third-order valence-electron chi connectivity index (χ3n) is 5.57.